The lowest BCUT2D eigenvalue weighted by atomic mass is 9.88. The van der Waals surface area contributed by atoms with Crippen LogP contribution in [0.15, 0.2) is 0 Å². The summed E-state index contributed by atoms with van der Waals surface area (Å²) in [6.07, 6.45) is 0.718. The molecule has 2 atom stereocenters. The van der Waals surface area contributed by atoms with Gasteiger partial charge < -0.3 is 15.4 Å². The summed E-state index contributed by atoms with van der Waals surface area (Å²) in [6.45, 7) is 2.77. The van der Waals surface area contributed by atoms with E-state index in [1.165, 1.54) is 0 Å². The predicted octanol–water partition coefficient (Wildman–Crippen LogP) is 1.63. The predicted molar refractivity (Wildman–Crippen MR) is 69.0 cm³/mol. The van der Waals surface area contributed by atoms with E-state index in [-0.39, 0.29) is 25.0 Å². The van der Waals surface area contributed by atoms with E-state index in [4.69, 9.17) is 10.5 Å². The fourth-order valence-corrected chi connectivity index (χ4v) is 2.53. The average Bonchev–Trinajstić information content (AvgIpc) is 2.42. The Kier molecular flexibility index (Phi) is 7.23. The minimum Gasteiger partial charge on any atom is -0.375 e. The van der Waals surface area contributed by atoms with Crippen LogP contribution in [0, 0.1) is 5.92 Å². The average molecular weight is 278 g/mol. The Morgan fingerprint density at radius 3 is 2.84 bits per heavy atom. The molecular weight excluding hydrogens is 254 g/mol. The van der Waals surface area contributed by atoms with Gasteiger partial charge in [-0.25, -0.2) is 8.78 Å². The van der Waals surface area contributed by atoms with Crippen molar-refractivity contribution in [1.29, 1.82) is 0 Å². The number of nitrogens with two attached hydrogens (primary N) is 1. The topological polar surface area (TPSA) is 55.6 Å². The summed E-state index contributed by atoms with van der Waals surface area (Å²) in [5.41, 5.74) is 5.72. The van der Waals surface area contributed by atoms with Crippen LogP contribution >= 0.6 is 0 Å². The van der Waals surface area contributed by atoms with Gasteiger partial charge in [0, 0.05) is 19.1 Å². The monoisotopic (exact) mass is 278 g/mol. The minimum atomic E-state index is -2.48. The Morgan fingerprint density at radius 2 is 2.26 bits per heavy atom. The van der Waals surface area contributed by atoms with E-state index in [1.807, 2.05) is 0 Å². The van der Waals surface area contributed by atoms with Crippen LogP contribution in [-0.4, -0.2) is 49.6 Å². The second kappa shape index (κ2) is 8.43. The van der Waals surface area contributed by atoms with Crippen molar-refractivity contribution in [2.75, 3.05) is 26.3 Å². The van der Waals surface area contributed by atoms with Gasteiger partial charge >= 0.3 is 0 Å². The molecule has 0 aromatic heterocycles. The highest BCUT2D eigenvalue weighted by Crippen LogP contribution is 2.25. The Bertz CT molecular complexity index is 277. The standard InChI is InChI=1S/C13H24F2N2O2/c1-2-10-3-5-17(11(7-10)8-16)13(18)4-6-19-9-12(14)15/h10-12H,2-9,16H2,1H3. The number of carbonyl (C=O) groups excluding carboxylic acids is 1. The molecule has 1 heterocycles. The molecule has 1 amide bonds. The van der Waals surface area contributed by atoms with Crippen molar-refractivity contribution in [3.63, 3.8) is 0 Å². The lowest BCUT2D eigenvalue weighted by Crippen LogP contribution is -2.49. The highest BCUT2D eigenvalue weighted by Gasteiger charge is 2.29. The molecule has 0 spiro atoms. The largest absolute Gasteiger partial charge is 0.375 e. The van der Waals surface area contributed by atoms with Crippen LogP contribution in [0.25, 0.3) is 0 Å². The first-order valence-electron chi connectivity index (χ1n) is 6.93. The molecule has 19 heavy (non-hydrogen) atoms. The Morgan fingerprint density at radius 1 is 1.53 bits per heavy atom. The number of piperidine rings is 1. The normalized spacial score (nSPS) is 23.9. The third kappa shape index (κ3) is 5.40. The quantitative estimate of drug-likeness (QED) is 0.720. The zero-order chi connectivity index (χ0) is 14.3. The van der Waals surface area contributed by atoms with Gasteiger partial charge in [0.1, 0.15) is 6.61 Å². The van der Waals surface area contributed by atoms with Crippen LogP contribution in [-0.2, 0) is 9.53 Å². The summed E-state index contributed by atoms with van der Waals surface area (Å²) in [5.74, 6) is 0.590. The van der Waals surface area contributed by atoms with Crippen molar-refractivity contribution < 1.29 is 18.3 Å². The Labute approximate surface area is 113 Å². The molecule has 0 aromatic carbocycles. The maximum Gasteiger partial charge on any atom is 0.261 e. The molecule has 0 aliphatic carbocycles. The Hall–Kier alpha value is -0.750. The van der Waals surface area contributed by atoms with Gasteiger partial charge in [-0.15, -0.1) is 0 Å². The molecular formula is C13H24F2N2O2. The molecule has 2 N–H and O–H groups in total. The molecule has 6 heteroatoms. The number of hydrogen-bond acceptors (Lipinski definition) is 3. The third-order valence-corrected chi connectivity index (χ3v) is 3.70. The van der Waals surface area contributed by atoms with E-state index in [0.29, 0.717) is 19.0 Å². The van der Waals surface area contributed by atoms with Crippen LogP contribution in [0.2, 0.25) is 0 Å². The lowest BCUT2D eigenvalue weighted by molar-refractivity contribution is -0.137. The number of rotatable bonds is 7. The number of carbonyl (C=O) groups is 1. The number of alkyl halides is 2. The van der Waals surface area contributed by atoms with Gasteiger partial charge in [-0.2, -0.15) is 0 Å². The van der Waals surface area contributed by atoms with Crippen molar-refractivity contribution in [2.45, 2.75) is 45.1 Å². The molecule has 0 bridgehead atoms. The molecule has 112 valence electrons. The fourth-order valence-electron chi connectivity index (χ4n) is 2.53. The molecule has 1 fully saturated rings. The molecule has 0 saturated carbocycles. The van der Waals surface area contributed by atoms with Crippen molar-refractivity contribution in [3.05, 3.63) is 0 Å². The van der Waals surface area contributed by atoms with Gasteiger partial charge in [-0.3, -0.25) is 4.79 Å². The maximum absolute atomic E-state index is 12.0. The van der Waals surface area contributed by atoms with E-state index in [1.54, 1.807) is 4.90 Å². The molecule has 2 unspecified atom stereocenters. The Balaban J connectivity index is 2.34. The number of amides is 1. The highest BCUT2D eigenvalue weighted by molar-refractivity contribution is 5.76. The smallest absolute Gasteiger partial charge is 0.261 e. The first-order valence-corrected chi connectivity index (χ1v) is 6.93. The molecule has 4 nitrogen and oxygen atoms in total. The summed E-state index contributed by atoms with van der Waals surface area (Å²) in [4.78, 5) is 13.8. The number of likely N-dealkylation sites (tertiary alicyclic amines) is 1. The van der Waals surface area contributed by atoms with Crippen LogP contribution in [0.3, 0.4) is 0 Å². The molecule has 1 aliphatic heterocycles. The summed E-state index contributed by atoms with van der Waals surface area (Å²) >= 11 is 0. The maximum atomic E-state index is 12.0. The number of nitrogens with zero attached hydrogens (tertiary/aromatic N) is 1. The molecule has 1 saturated heterocycles. The lowest BCUT2D eigenvalue weighted by Gasteiger charge is -2.39. The highest BCUT2D eigenvalue weighted by atomic mass is 19.3. The first kappa shape index (κ1) is 16.3. The van der Waals surface area contributed by atoms with E-state index in [9.17, 15) is 13.6 Å². The third-order valence-electron chi connectivity index (χ3n) is 3.70. The fraction of sp³-hybridized carbons (Fsp3) is 0.923. The van der Waals surface area contributed by atoms with Crippen molar-refractivity contribution >= 4 is 5.91 Å². The van der Waals surface area contributed by atoms with Crippen molar-refractivity contribution in [2.24, 2.45) is 11.7 Å². The van der Waals surface area contributed by atoms with Gasteiger partial charge in [0.2, 0.25) is 5.91 Å². The van der Waals surface area contributed by atoms with E-state index < -0.39 is 13.0 Å². The zero-order valence-electron chi connectivity index (χ0n) is 11.5. The van der Waals surface area contributed by atoms with Crippen LogP contribution in [0.5, 0.6) is 0 Å². The summed E-state index contributed by atoms with van der Waals surface area (Å²) in [7, 11) is 0. The summed E-state index contributed by atoms with van der Waals surface area (Å²) in [5, 5.41) is 0. The second-order valence-electron chi connectivity index (χ2n) is 4.99. The summed E-state index contributed by atoms with van der Waals surface area (Å²) in [6, 6.07) is 0.0845. The number of ether oxygens (including phenoxy) is 1. The van der Waals surface area contributed by atoms with E-state index in [0.717, 1.165) is 19.3 Å². The number of hydrogen-bond donors (Lipinski definition) is 1. The van der Waals surface area contributed by atoms with Crippen LogP contribution in [0.1, 0.15) is 32.6 Å². The molecule has 1 rings (SSSR count). The van der Waals surface area contributed by atoms with Crippen LogP contribution in [0.4, 0.5) is 8.78 Å². The van der Waals surface area contributed by atoms with Gasteiger partial charge in [0.15, 0.2) is 0 Å². The van der Waals surface area contributed by atoms with Gasteiger partial charge in [0.25, 0.3) is 6.43 Å². The molecule has 0 radical (unpaired) electrons. The van der Waals surface area contributed by atoms with E-state index in [2.05, 4.69) is 6.92 Å². The van der Waals surface area contributed by atoms with Crippen LogP contribution < -0.4 is 5.73 Å². The summed E-state index contributed by atoms with van der Waals surface area (Å²) < 4.78 is 28.5. The number of halogens is 2. The molecule has 1 aliphatic rings. The SMILES string of the molecule is CCC1CCN(C(=O)CCOCC(F)F)C(CN)C1. The van der Waals surface area contributed by atoms with Gasteiger partial charge in [0.05, 0.1) is 13.0 Å². The zero-order valence-corrected chi connectivity index (χ0v) is 11.5. The van der Waals surface area contributed by atoms with Crippen molar-refractivity contribution in [3.8, 4) is 0 Å². The van der Waals surface area contributed by atoms with Gasteiger partial charge in [-0.1, -0.05) is 13.3 Å². The minimum absolute atomic E-state index is 0.0423. The van der Waals surface area contributed by atoms with Crippen molar-refractivity contribution in [1.82, 2.24) is 4.90 Å². The van der Waals surface area contributed by atoms with E-state index >= 15 is 0 Å². The second-order valence-corrected chi connectivity index (χ2v) is 4.99. The first-order chi connectivity index (χ1) is 9.08. The van der Waals surface area contributed by atoms with Gasteiger partial charge in [-0.05, 0) is 18.8 Å². The molecule has 0 aromatic rings.